The summed E-state index contributed by atoms with van der Waals surface area (Å²) in [6.45, 7) is 0. The molecule has 37 heavy (non-hydrogen) atoms. The average Bonchev–Trinajstić information content (AvgIpc) is 2.86. The number of carbonyl (C=O) groups excluding carboxylic acids is 3. The summed E-state index contributed by atoms with van der Waals surface area (Å²) in [5.41, 5.74) is -0.883. The Kier molecular flexibility index (Phi) is 8.77. The lowest BCUT2D eigenvalue weighted by atomic mass is 10.1. The van der Waals surface area contributed by atoms with Gasteiger partial charge in [0.05, 0.1) is 26.1 Å². The van der Waals surface area contributed by atoms with Gasteiger partial charge in [-0.15, -0.1) is 0 Å². The van der Waals surface area contributed by atoms with Crippen LogP contribution >= 0.6 is 23.2 Å². The molecule has 13 heteroatoms. The molecule has 11 nitrogen and oxygen atoms in total. The molecule has 0 aliphatic heterocycles. The van der Waals surface area contributed by atoms with E-state index >= 15 is 0 Å². The number of non-ortho nitro benzene ring substituents is 1. The topological polar surface area (TPSA) is 162 Å². The Bertz CT molecular complexity index is 1380. The molecule has 0 saturated heterocycles. The second-order valence-corrected chi connectivity index (χ2v) is 8.06. The van der Waals surface area contributed by atoms with Crippen LogP contribution in [-0.4, -0.2) is 46.1 Å². The summed E-state index contributed by atoms with van der Waals surface area (Å²) in [5, 5.41) is 23.0. The van der Waals surface area contributed by atoms with E-state index in [4.69, 9.17) is 32.7 Å². The first-order valence-corrected chi connectivity index (χ1v) is 11.0. The van der Waals surface area contributed by atoms with Gasteiger partial charge >= 0.3 is 17.9 Å². The molecule has 0 fully saturated rings. The van der Waals surface area contributed by atoms with E-state index in [1.54, 1.807) is 0 Å². The third-order valence-corrected chi connectivity index (χ3v) is 5.42. The molecule has 0 aliphatic carbocycles. The molecule has 3 rings (SSSR count). The van der Waals surface area contributed by atoms with Crippen molar-refractivity contribution in [3.63, 3.8) is 0 Å². The fourth-order valence-corrected chi connectivity index (χ4v) is 3.44. The Morgan fingerprint density at radius 3 is 1.81 bits per heavy atom. The highest BCUT2D eigenvalue weighted by Crippen LogP contribution is 2.22. The third-order valence-electron chi connectivity index (χ3n) is 4.76. The predicted molar refractivity (Wildman–Crippen MR) is 131 cm³/mol. The molecule has 0 aliphatic rings. The van der Waals surface area contributed by atoms with Crippen LogP contribution in [-0.2, 0) is 19.1 Å². The van der Waals surface area contributed by atoms with Gasteiger partial charge in [-0.2, -0.15) is 0 Å². The second kappa shape index (κ2) is 12.0. The van der Waals surface area contributed by atoms with Crippen molar-refractivity contribution in [3.8, 4) is 0 Å². The van der Waals surface area contributed by atoms with Crippen LogP contribution in [0.1, 0.15) is 20.7 Å². The van der Waals surface area contributed by atoms with E-state index in [0.29, 0.717) is 0 Å². The van der Waals surface area contributed by atoms with Crippen LogP contribution in [0.3, 0.4) is 0 Å². The number of carboxylic acid groups (broad SMARTS) is 1. The first-order chi connectivity index (χ1) is 17.6. The zero-order valence-electron chi connectivity index (χ0n) is 18.5. The van der Waals surface area contributed by atoms with Gasteiger partial charge in [-0.3, -0.25) is 14.9 Å². The van der Waals surface area contributed by atoms with Gasteiger partial charge in [-0.1, -0.05) is 53.5 Å². The molecule has 0 aromatic heterocycles. The maximum absolute atomic E-state index is 13.1. The summed E-state index contributed by atoms with van der Waals surface area (Å²) in [6.07, 6.45) is -4.58. The molecule has 0 bridgehead atoms. The summed E-state index contributed by atoms with van der Waals surface area (Å²) in [4.78, 5) is 61.0. The highest BCUT2D eigenvalue weighted by atomic mass is 35.5. The number of esters is 2. The maximum atomic E-state index is 13.1. The number of carboxylic acids is 1. The molecular weight excluding hydrogens is 531 g/mol. The summed E-state index contributed by atoms with van der Waals surface area (Å²) < 4.78 is 10.2. The molecule has 2 N–H and O–H groups in total. The Labute approximate surface area is 218 Å². The van der Waals surface area contributed by atoms with Gasteiger partial charge in [0.2, 0.25) is 12.2 Å². The van der Waals surface area contributed by atoms with Crippen LogP contribution in [0.25, 0.3) is 0 Å². The molecule has 2 atom stereocenters. The van der Waals surface area contributed by atoms with Crippen molar-refractivity contribution < 1.29 is 38.7 Å². The Balaban J connectivity index is 1.96. The van der Waals surface area contributed by atoms with Crippen molar-refractivity contribution >= 4 is 58.4 Å². The molecular formula is C24H16Cl2N2O9. The molecule has 0 saturated carbocycles. The molecule has 190 valence electrons. The number of aliphatic carboxylic acids is 1. The SMILES string of the molecule is O=C(O[C@H](C(=O)O)[C@H](OC(=O)c1ccccc1Cl)C(=O)Nc1cccc([N+](=O)[O-])c1)c1ccccc1Cl. The van der Waals surface area contributed by atoms with Crippen molar-refractivity contribution in [2.45, 2.75) is 12.2 Å². The smallest absolute Gasteiger partial charge is 0.349 e. The average molecular weight is 547 g/mol. The lowest BCUT2D eigenvalue weighted by Crippen LogP contribution is -2.48. The van der Waals surface area contributed by atoms with E-state index < -0.39 is 40.9 Å². The fraction of sp³-hybridized carbons (Fsp3) is 0.0833. The van der Waals surface area contributed by atoms with Crippen molar-refractivity contribution in [3.05, 3.63) is 104 Å². The van der Waals surface area contributed by atoms with Crippen molar-refractivity contribution in [1.82, 2.24) is 0 Å². The van der Waals surface area contributed by atoms with E-state index in [-0.39, 0.29) is 32.5 Å². The number of nitrogens with one attached hydrogen (secondary N) is 1. The summed E-state index contributed by atoms with van der Waals surface area (Å²) in [5.74, 6) is -5.48. The first-order valence-electron chi connectivity index (χ1n) is 10.3. The summed E-state index contributed by atoms with van der Waals surface area (Å²) in [6, 6.07) is 15.9. The summed E-state index contributed by atoms with van der Waals surface area (Å²) >= 11 is 12.0. The van der Waals surface area contributed by atoms with E-state index in [9.17, 15) is 34.4 Å². The van der Waals surface area contributed by atoms with Crippen LogP contribution < -0.4 is 5.32 Å². The van der Waals surface area contributed by atoms with Gasteiger partial charge in [-0.05, 0) is 30.3 Å². The first kappa shape index (κ1) is 27.1. The lowest BCUT2D eigenvalue weighted by Gasteiger charge is -2.24. The molecule has 0 unspecified atom stereocenters. The number of hydrogen-bond donors (Lipinski definition) is 2. The van der Waals surface area contributed by atoms with Crippen LogP contribution in [0.2, 0.25) is 10.0 Å². The molecule has 0 radical (unpaired) electrons. The van der Waals surface area contributed by atoms with Gasteiger partial charge in [0.15, 0.2) is 0 Å². The molecule has 1 amide bonds. The number of anilines is 1. The second-order valence-electron chi connectivity index (χ2n) is 7.25. The molecule has 3 aromatic rings. The largest absolute Gasteiger partial charge is 0.478 e. The quantitative estimate of drug-likeness (QED) is 0.225. The van der Waals surface area contributed by atoms with Crippen molar-refractivity contribution in [1.29, 1.82) is 0 Å². The zero-order chi connectivity index (χ0) is 27.1. The maximum Gasteiger partial charge on any atom is 0.349 e. The van der Waals surface area contributed by atoms with E-state index in [1.165, 1.54) is 60.7 Å². The number of benzene rings is 3. The number of nitro benzene ring substituents is 1. The van der Waals surface area contributed by atoms with Crippen molar-refractivity contribution in [2.24, 2.45) is 0 Å². The minimum absolute atomic E-state index is 0.0507. The van der Waals surface area contributed by atoms with Gasteiger partial charge in [-0.25, -0.2) is 14.4 Å². The Morgan fingerprint density at radius 1 is 0.811 bits per heavy atom. The highest BCUT2D eigenvalue weighted by Gasteiger charge is 2.41. The fourth-order valence-electron chi connectivity index (χ4n) is 3.02. The number of nitro groups is 1. The number of amides is 1. The minimum atomic E-state index is -2.34. The molecule has 3 aromatic carbocycles. The number of halogens is 2. The molecule has 0 heterocycles. The van der Waals surface area contributed by atoms with Gasteiger partial charge < -0.3 is 19.9 Å². The van der Waals surface area contributed by atoms with E-state index in [1.807, 2.05) is 0 Å². The van der Waals surface area contributed by atoms with E-state index in [0.717, 1.165) is 12.1 Å². The van der Waals surface area contributed by atoms with Gasteiger partial charge in [0.25, 0.3) is 11.6 Å². The third kappa shape index (κ3) is 6.81. The van der Waals surface area contributed by atoms with Gasteiger partial charge in [0, 0.05) is 17.8 Å². The zero-order valence-corrected chi connectivity index (χ0v) is 20.0. The normalized spacial score (nSPS) is 12.1. The number of ether oxygens (including phenoxy) is 2. The predicted octanol–water partition coefficient (Wildman–Crippen LogP) is 4.38. The van der Waals surface area contributed by atoms with E-state index in [2.05, 4.69) is 5.32 Å². The minimum Gasteiger partial charge on any atom is -0.478 e. The number of nitrogens with zero attached hydrogens (tertiary/aromatic N) is 1. The van der Waals surface area contributed by atoms with Crippen LogP contribution in [0.15, 0.2) is 72.8 Å². The Morgan fingerprint density at radius 2 is 1.32 bits per heavy atom. The summed E-state index contributed by atoms with van der Waals surface area (Å²) in [7, 11) is 0. The standard InChI is InChI=1S/C24H16Cl2N2O9/c25-17-10-3-1-8-15(17)23(32)36-19(21(29)27-13-6-5-7-14(12-13)28(34)35)20(22(30)31)37-24(33)16-9-2-4-11-18(16)26/h1-12,19-20H,(H,27,29)(H,30,31)/t19-,20-/m0/s1. The van der Waals surface area contributed by atoms with Crippen molar-refractivity contribution in [2.75, 3.05) is 5.32 Å². The van der Waals surface area contributed by atoms with Crippen LogP contribution in [0, 0.1) is 10.1 Å². The van der Waals surface area contributed by atoms with Gasteiger partial charge in [0.1, 0.15) is 0 Å². The highest BCUT2D eigenvalue weighted by molar-refractivity contribution is 6.34. The lowest BCUT2D eigenvalue weighted by molar-refractivity contribution is -0.384. The monoisotopic (exact) mass is 546 g/mol. The number of rotatable bonds is 9. The number of carbonyl (C=O) groups is 4. The Hall–Kier alpha value is -4.48. The molecule has 0 spiro atoms. The van der Waals surface area contributed by atoms with Crippen LogP contribution in [0.4, 0.5) is 11.4 Å². The number of hydrogen-bond acceptors (Lipinski definition) is 8. The van der Waals surface area contributed by atoms with Crippen LogP contribution in [0.5, 0.6) is 0 Å².